The lowest BCUT2D eigenvalue weighted by molar-refractivity contribution is -0.384. The number of primary amides is 1. The number of carboxylic acids is 1. The predicted molar refractivity (Wildman–Crippen MR) is 67.1 cm³/mol. The molecule has 0 spiro atoms. The van der Waals surface area contributed by atoms with Crippen molar-refractivity contribution in [3.8, 4) is 0 Å². The number of nitrogens with zero attached hydrogens (tertiary/aromatic N) is 2. The van der Waals surface area contributed by atoms with Crippen LogP contribution in [0.4, 0.5) is 11.4 Å². The van der Waals surface area contributed by atoms with Crippen molar-refractivity contribution < 1.29 is 19.6 Å². The van der Waals surface area contributed by atoms with Gasteiger partial charge in [0.15, 0.2) is 0 Å². The van der Waals surface area contributed by atoms with Crippen LogP contribution in [0.5, 0.6) is 0 Å². The molecule has 0 saturated heterocycles. The van der Waals surface area contributed by atoms with Gasteiger partial charge < -0.3 is 15.7 Å². The lowest BCUT2D eigenvalue weighted by Gasteiger charge is -2.18. The quantitative estimate of drug-likeness (QED) is 0.574. The topological polar surface area (TPSA) is 127 Å². The van der Waals surface area contributed by atoms with Crippen LogP contribution >= 0.6 is 0 Å². The van der Waals surface area contributed by atoms with Crippen molar-refractivity contribution in [2.75, 3.05) is 18.5 Å². The van der Waals surface area contributed by atoms with Gasteiger partial charge in [-0.25, -0.2) is 0 Å². The van der Waals surface area contributed by atoms with Crippen LogP contribution in [-0.4, -0.2) is 35.5 Å². The molecule has 102 valence electrons. The second-order valence-corrected chi connectivity index (χ2v) is 3.89. The molecule has 3 N–H and O–H groups in total. The second-order valence-electron chi connectivity index (χ2n) is 3.89. The molecule has 0 aromatic heterocycles. The van der Waals surface area contributed by atoms with Crippen molar-refractivity contribution in [3.63, 3.8) is 0 Å². The van der Waals surface area contributed by atoms with Crippen LogP contribution in [0.3, 0.4) is 0 Å². The molecule has 0 bridgehead atoms. The van der Waals surface area contributed by atoms with E-state index in [2.05, 4.69) is 0 Å². The molecule has 0 aliphatic rings. The highest BCUT2D eigenvalue weighted by molar-refractivity contribution is 5.94. The van der Waals surface area contributed by atoms with E-state index in [-0.39, 0.29) is 29.9 Å². The minimum Gasteiger partial charge on any atom is -0.481 e. The van der Waals surface area contributed by atoms with Gasteiger partial charge in [-0.1, -0.05) is 0 Å². The molecule has 0 unspecified atom stereocenters. The molecule has 8 nitrogen and oxygen atoms in total. The standard InChI is InChI=1S/C11H13N3O5/c1-13(5-4-10(15)16)9-6-7(11(12)17)2-3-8(9)14(18)19/h2-3,6H,4-5H2,1H3,(H2,12,17)(H,15,16). The van der Waals surface area contributed by atoms with E-state index < -0.39 is 16.8 Å². The summed E-state index contributed by atoms with van der Waals surface area (Å²) in [6.07, 6.45) is -0.172. The summed E-state index contributed by atoms with van der Waals surface area (Å²) in [5, 5.41) is 19.5. The number of benzene rings is 1. The van der Waals surface area contributed by atoms with E-state index in [9.17, 15) is 19.7 Å². The Morgan fingerprint density at radius 2 is 2.11 bits per heavy atom. The monoisotopic (exact) mass is 267 g/mol. The summed E-state index contributed by atoms with van der Waals surface area (Å²) in [4.78, 5) is 33.3. The van der Waals surface area contributed by atoms with Gasteiger partial charge in [-0.15, -0.1) is 0 Å². The maximum absolute atomic E-state index is 11.1. The number of anilines is 1. The van der Waals surface area contributed by atoms with Crippen molar-refractivity contribution in [2.24, 2.45) is 5.73 Å². The molecule has 0 saturated carbocycles. The molecule has 1 rings (SSSR count). The third-order valence-corrected chi connectivity index (χ3v) is 2.53. The van der Waals surface area contributed by atoms with Gasteiger partial charge >= 0.3 is 5.97 Å². The minimum absolute atomic E-state index is 0.0817. The number of nitro benzene ring substituents is 1. The van der Waals surface area contributed by atoms with Gasteiger partial charge in [0.1, 0.15) is 5.69 Å². The first-order chi connectivity index (χ1) is 8.82. The van der Waals surface area contributed by atoms with Crippen LogP contribution in [0.15, 0.2) is 18.2 Å². The van der Waals surface area contributed by atoms with E-state index in [1.807, 2.05) is 0 Å². The number of carboxylic acid groups (broad SMARTS) is 1. The summed E-state index contributed by atoms with van der Waals surface area (Å²) in [7, 11) is 1.51. The number of hydrogen-bond donors (Lipinski definition) is 2. The average molecular weight is 267 g/mol. The number of hydrogen-bond acceptors (Lipinski definition) is 5. The van der Waals surface area contributed by atoms with Gasteiger partial charge in [-0.05, 0) is 12.1 Å². The molecule has 8 heteroatoms. The van der Waals surface area contributed by atoms with Gasteiger partial charge in [0.25, 0.3) is 5.69 Å². The fraction of sp³-hybridized carbons (Fsp3) is 0.273. The molecule has 1 amide bonds. The van der Waals surface area contributed by atoms with Crippen molar-refractivity contribution in [1.29, 1.82) is 0 Å². The Balaban J connectivity index is 3.13. The summed E-state index contributed by atoms with van der Waals surface area (Å²) in [5.74, 6) is -1.72. The van der Waals surface area contributed by atoms with Crippen LogP contribution < -0.4 is 10.6 Å². The first-order valence-corrected chi connectivity index (χ1v) is 5.34. The summed E-state index contributed by atoms with van der Waals surface area (Å²) < 4.78 is 0. The van der Waals surface area contributed by atoms with Crippen molar-refractivity contribution in [2.45, 2.75) is 6.42 Å². The van der Waals surface area contributed by atoms with E-state index in [1.165, 1.54) is 30.1 Å². The summed E-state index contributed by atoms with van der Waals surface area (Å²) >= 11 is 0. The zero-order valence-corrected chi connectivity index (χ0v) is 10.2. The first-order valence-electron chi connectivity index (χ1n) is 5.34. The molecule has 0 fully saturated rings. The van der Waals surface area contributed by atoms with Gasteiger partial charge in [0, 0.05) is 25.2 Å². The second kappa shape index (κ2) is 5.80. The maximum Gasteiger partial charge on any atom is 0.305 e. The van der Waals surface area contributed by atoms with Crippen LogP contribution in [0, 0.1) is 10.1 Å². The molecule has 0 radical (unpaired) electrons. The number of aliphatic carboxylic acids is 1. The van der Waals surface area contributed by atoms with E-state index in [4.69, 9.17) is 10.8 Å². The summed E-state index contributed by atoms with van der Waals surface area (Å²) in [6.45, 7) is 0.0817. The number of nitrogens with two attached hydrogens (primary N) is 1. The fourth-order valence-electron chi connectivity index (χ4n) is 1.52. The molecule has 0 heterocycles. The number of carbonyl (C=O) groups excluding carboxylic acids is 1. The van der Waals surface area contributed by atoms with Crippen LogP contribution in [0.1, 0.15) is 16.8 Å². The van der Waals surface area contributed by atoms with Gasteiger partial charge in [0.05, 0.1) is 11.3 Å². The maximum atomic E-state index is 11.1. The number of nitro groups is 1. The van der Waals surface area contributed by atoms with E-state index in [0.29, 0.717) is 0 Å². The third kappa shape index (κ3) is 3.66. The summed E-state index contributed by atoms with van der Waals surface area (Å²) in [6, 6.07) is 3.71. The lowest BCUT2D eigenvalue weighted by atomic mass is 10.1. The normalized spacial score (nSPS) is 9.95. The molecule has 0 aliphatic heterocycles. The Morgan fingerprint density at radius 3 is 2.58 bits per heavy atom. The van der Waals surface area contributed by atoms with Gasteiger partial charge in [-0.3, -0.25) is 19.7 Å². The Hall–Kier alpha value is -2.64. The van der Waals surface area contributed by atoms with Gasteiger partial charge in [-0.2, -0.15) is 0 Å². The smallest absolute Gasteiger partial charge is 0.305 e. The largest absolute Gasteiger partial charge is 0.481 e. The van der Waals surface area contributed by atoms with Gasteiger partial charge in [0.2, 0.25) is 5.91 Å². The first kappa shape index (κ1) is 14.4. The molecule has 19 heavy (non-hydrogen) atoms. The molecular formula is C11H13N3O5. The number of carbonyl (C=O) groups is 2. The molecular weight excluding hydrogens is 254 g/mol. The highest BCUT2D eigenvalue weighted by Crippen LogP contribution is 2.28. The molecule has 0 aliphatic carbocycles. The van der Waals surface area contributed by atoms with Crippen molar-refractivity contribution in [1.82, 2.24) is 0 Å². The van der Waals surface area contributed by atoms with Crippen LogP contribution in [0.2, 0.25) is 0 Å². The van der Waals surface area contributed by atoms with Crippen molar-refractivity contribution in [3.05, 3.63) is 33.9 Å². The number of amides is 1. The van der Waals surface area contributed by atoms with E-state index in [0.717, 1.165) is 0 Å². The molecule has 0 atom stereocenters. The third-order valence-electron chi connectivity index (χ3n) is 2.53. The highest BCUT2D eigenvalue weighted by atomic mass is 16.6. The summed E-state index contributed by atoms with van der Waals surface area (Å²) in [5.41, 5.74) is 5.18. The van der Waals surface area contributed by atoms with Crippen LogP contribution in [0.25, 0.3) is 0 Å². The minimum atomic E-state index is -1.01. The van der Waals surface area contributed by atoms with E-state index >= 15 is 0 Å². The van der Waals surface area contributed by atoms with Crippen LogP contribution in [-0.2, 0) is 4.79 Å². The number of rotatable bonds is 6. The fourth-order valence-corrected chi connectivity index (χ4v) is 1.52. The predicted octanol–water partition coefficient (Wildman–Crippen LogP) is 0.605. The molecule has 1 aromatic rings. The highest BCUT2D eigenvalue weighted by Gasteiger charge is 2.19. The van der Waals surface area contributed by atoms with Crippen molar-refractivity contribution >= 4 is 23.3 Å². The zero-order chi connectivity index (χ0) is 14.6. The zero-order valence-electron chi connectivity index (χ0n) is 10.2. The Bertz CT molecular complexity index is 529. The lowest BCUT2D eigenvalue weighted by Crippen LogP contribution is -2.22. The SMILES string of the molecule is CN(CCC(=O)O)c1cc(C(N)=O)ccc1[N+](=O)[O-]. The van der Waals surface area contributed by atoms with E-state index in [1.54, 1.807) is 0 Å². The Labute approximate surface area is 108 Å². The Kier molecular flexibility index (Phi) is 4.41. The average Bonchev–Trinajstić information content (AvgIpc) is 2.34. The Morgan fingerprint density at radius 1 is 1.47 bits per heavy atom. The molecule has 1 aromatic carbocycles.